The van der Waals surface area contributed by atoms with Crippen molar-refractivity contribution in [3.8, 4) is 0 Å². The Morgan fingerprint density at radius 3 is 2.47 bits per heavy atom. The first-order valence-electron chi connectivity index (χ1n) is 6.67. The standard InChI is InChI=1S/C11H22N4O3S/c12-11(13-16)7-15-5-3-10(4-6-15)14-19(17,18)8-9-1-2-9/h9-10,14,16H,1-8H2,(H2,12,13). The second-order valence-electron chi connectivity index (χ2n) is 5.48. The largest absolute Gasteiger partial charge is 0.409 e. The molecular weight excluding hydrogens is 268 g/mol. The van der Waals surface area contributed by atoms with Gasteiger partial charge in [-0.25, -0.2) is 13.1 Å². The lowest BCUT2D eigenvalue weighted by molar-refractivity contribution is 0.228. The molecule has 0 amide bonds. The molecule has 0 atom stereocenters. The van der Waals surface area contributed by atoms with Crippen molar-refractivity contribution in [1.82, 2.24) is 9.62 Å². The Morgan fingerprint density at radius 1 is 1.32 bits per heavy atom. The maximum absolute atomic E-state index is 11.9. The number of piperidine rings is 1. The Hall–Kier alpha value is -0.860. The number of nitrogens with two attached hydrogens (primary N) is 1. The topological polar surface area (TPSA) is 108 Å². The van der Waals surface area contributed by atoms with Crippen LogP contribution >= 0.6 is 0 Å². The van der Waals surface area contributed by atoms with Crippen LogP contribution in [0.3, 0.4) is 0 Å². The molecule has 0 aromatic heterocycles. The molecule has 1 aliphatic heterocycles. The van der Waals surface area contributed by atoms with Gasteiger partial charge in [0, 0.05) is 19.1 Å². The fourth-order valence-corrected chi connectivity index (χ4v) is 4.16. The Labute approximate surface area is 113 Å². The lowest BCUT2D eigenvalue weighted by Crippen LogP contribution is -2.47. The minimum absolute atomic E-state index is 0.0206. The number of hydrogen-bond acceptors (Lipinski definition) is 5. The normalized spacial score (nSPS) is 23.7. The van der Waals surface area contributed by atoms with Gasteiger partial charge in [0.25, 0.3) is 0 Å². The molecule has 2 fully saturated rings. The van der Waals surface area contributed by atoms with Gasteiger partial charge >= 0.3 is 0 Å². The highest BCUT2D eigenvalue weighted by atomic mass is 32.2. The quantitative estimate of drug-likeness (QED) is 0.265. The van der Waals surface area contributed by atoms with Crippen LogP contribution in [0.2, 0.25) is 0 Å². The van der Waals surface area contributed by atoms with Gasteiger partial charge in [0.2, 0.25) is 10.0 Å². The zero-order chi connectivity index (χ0) is 13.9. The number of likely N-dealkylation sites (tertiary alicyclic amines) is 1. The number of amidine groups is 1. The fraction of sp³-hybridized carbons (Fsp3) is 0.909. The maximum Gasteiger partial charge on any atom is 0.212 e. The summed E-state index contributed by atoms with van der Waals surface area (Å²) in [6.07, 6.45) is 3.61. The molecular formula is C11H22N4O3S. The van der Waals surface area contributed by atoms with Gasteiger partial charge in [-0.05, 0) is 31.6 Å². The SMILES string of the molecule is NC(CN1CCC(NS(=O)(=O)CC2CC2)CC1)=NO. The second-order valence-corrected chi connectivity index (χ2v) is 7.28. The third-order valence-electron chi connectivity index (χ3n) is 3.60. The molecule has 19 heavy (non-hydrogen) atoms. The van der Waals surface area contributed by atoms with E-state index in [1.807, 2.05) is 0 Å². The predicted molar refractivity (Wildman–Crippen MR) is 72.5 cm³/mol. The predicted octanol–water partition coefficient (Wildman–Crippen LogP) is -0.473. The van der Waals surface area contributed by atoms with Crippen molar-refractivity contribution in [2.75, 3.05) is 25.4 Å². The van der Waals surface area contributed by atoms with Gasteiger partial charge in [0.1, 0.15) is 0 Å². The summed E-state index contributed by atoms with van der Waals surface area (Å²) in [5, 5.41) is 11.4. The summed E-state index contributed by atoms with van der Waals surface area (Å²) in [6, 6.07) is 0.0206. The van der Waals surface area contributed by atoms with E-state index < -0.39 is 10.0 Å². The zero-order valence-electron chi connectivity index (χ0n) is 11.0. The van der Waals surface area contributed by atoms with Crippen LogP contribution < -0.4 is 10.5 Å². The summed E-state index contributed by atoms with van der Waals surface area (Å²) in [7, 11) is -3.12. The molecule has 8 heteroatoms. The van der Waals surface area contributed by atoms with Gasteiger partial charge in [0.15, 0.2) is 5.84 Å². The van der Waals surface area contributed by atoms with Gasteiger partial charge in [-0.2, -0.15) is 0 Å². The van der Waals surface area contributed by atoms with Crippen LogP contribution in [0.4, 0.5) is 0 Å². The molecule has 0 bridgehead atoms. The molecule has 1 aliphatic carbocycles. The van der Waals surface area contributed by atoms with E-state index in [2.05, 4.69) is 14.8 Å². The molecule has 2 aliphatic rings. The van der Waals surface area contributed by atoms with E-state index in [1.54, 1.807) is 0 Å². The van der Waals surface area contributed by atoms with Crippen LogP contribution in [0.25, 0.3) is 0 Å². The van der Waals surface area contributed by atoms with E-state index in [1.165, 1.54) is 0 Å². The van der Waals surface area contributed by atoms with Crippen LogP contribution in [0.15, 0.2) is 5.16 Å². The number of rotatable bonds is 6. The Balaban J connectivity index is 1.73. The van der Waals surface area contributed by atoms with E-state index in [0.29, 0.717) is 12.5 Å². The number of sulfonamides is 1. The second kappa shape index (κ2) is 6.06. The van der Waals surface area contributed by atoms with Crippen molar-refractivity contribution in [2.45, 2.75) is 31.7 Å². The first-order chi connectivity index (χ1) is 8.98. The number of hydrogen-bond donors (Lipinski definition) is 3. The van der Waals surface area contributed by atoms with Crippen molar-refractivity contribution in [3.63, 3.8) is 0 Å². The van der Waals surface area contributed by atoms with Crippen LogP contribution in [0.5, 0.6) is 0 Å². The maximum atomic E-state index is 11.9. The smallest absolute Gasteiger partial charge is 0.212 e. The lowest BCUT2D eigenvalue weighted by Gasteiger charge is -2.31. The van der Waals surface area contributed by atoms with Crippen LogP contribution in [0.1, 0.15) is 25.7 Å². The molecule has 0 aromatic rings. The summed E-state index contributed by atoms with van der Waals surface area (Å²) in [5.41, 5.74) is 5.45. The van der Waals surface area contributed by atoms with E-state index in [-0.39, 0.29) is 17.6 Å². The third kappa shape index (κ3) is 4.96. The number of oxime groups is 1. The minimum Gasteiger partial charge on any atom is -0.409 e. The molecule has 1 saturated carbocycles. The van der Waals surface area contributed by atoms with Crippen LogP contribution in [-0.2, 0) is 10.0 Å². The molecule has 0 aromatic carbocycles. The molecule has 1 heterocycles. The molecule has 7 nitrogen and oxygen atoms in total. The summed E-state index contributed by atoms with van der Waals surface area (Å²) in [6.45, 7) is 1.94. The molecule has 2 rings (SSSR count). The minimum atomic E-state index is -3.12. The zero-order valence-corrected chi connectivity index (χ0v) is 11.8. The fourth-order valence-electron chi connectivity index (χ4n) is 2.37. The Morgan fingerprint density at radius 2 is 1.95 bits per heavy atom. The molecule has 110 valence electrons. The molecule has 4 N–H and O–H groups in total. The van der Waals surface area contributed by atoms with E-state index >= 15 is 0 Å². The van der Waals surface area contributed by atoms with Crippen molar-refractivity contribution in [1.29, 1.82) is 0 Å². The first kappa shape index (κ1) is 14.5. The lowest BCUT2D eigenvalue weighted by atomic mass is 10.1. The summed E-state index contributed by atoms with van der Waals surface area (Å²) in [5.74, 6) is 0.836. The van der Waals surface area contributed by atoms with Gasteiger partial charge in [-0.3, -0.25) is 4.90 Å². The van der Waals surface area contributed by atoms with E-state index in [4.69, 9.17) is 10.9 Å². The monoisotopic (exact) mass is 290 g/mol. The van der Waals surface area contributed by atoms with Gasteiger partial charge in [0.05, 0.1) is 12.3 Å². The van der Waals surface area contributed by atoms with Gasteiger partial charge in [-0.1, -0.05) is 5.16 Å². The number of nitrogens with zero attached hydrogens (tertiary/aromatic N) is 2. The van der Waals surface area contributed by atoms with Crippen molar-refractivity contribution >= 4 is 15.9 Å². The summed E-state index contributed by atoms with van der Waals surface area (Å²) >= 11 is 0. The molecule has 1 saturated heterocycles. The highest BCUT2D eigenvalue weighted by Crippen LogP contribution is 2.30. The van der Waals surface area contributed by atoms with E-state index in [0.717, 1.165) is 38.8 Å². The van der Waals surface area contributed by atoms with Gasteiger partial charge in [-0.15, -0.1) is 0 Å². The third-order valence-corrected chi connectivity index (χ3v) is 5.20. The highest BCUT2D eigenvalue weighted by molar-refractivity contribution is 7.89. The van der Waals surface area contributed by atoms with Crippen LogP contribution in [-0.4, -0.2) is 55.8 Å². The molecule has 0 unspecified atom stereocenters. The molecule has 0 radical (unpaired) electrons. The average Bonchev–Trinajstić information content (AvgIpc) is 3.14. The number of nitrogens with one attached hydrogen (secondary N) is 1. The van der Waals surface area contributed by atoms with E-state index in [9.17, 15) is 8.42 Å². The summed E-state index contributed by atoms with van der Waals surface area (Å²) in [4.78, 5) is 2.06. The summed E-state index contributed by atoms with van der Waals surface area (Å²) < 4.78 is 26.5. The Bertz CT molecular complexity index is 425. The first-order valence-corrected chi connectivity index (χ1v) is 8.32. The Kier molecular flexibility index (Phi) is 4.64. The van der Waals surface area contributed by atoms with Crippen molar-refractivity contribution < 1.29 is 13.6 Å². The molecule has 0 spiro atoms. The van der Waals surface area contributed by atoms with Gasteiger partial charge < -0.3 is 10.9 Å². The average molecular weight is 290 g/mol. The van der Waals surface area contributed by atoms with Crippen LogP contribution in [0, 0.1) is 5.92 Å². The highest BCUT2D eigenvalue weighted by Gasteiger charge is 2.30. The van der Waals surface area contributed by atoms with Crippen molar-refractivity contribution in [3.05, 3.63) is 0 Å². The van der Waals surface area contributed by atoms with Crippen molar-refractivity contribution in [2.24, 2.45) is 16.8 Å².